The normalized spacial score (nSPS) is 15.3. The Bertz CT molecular complexity index is 171. The third kappa shape index (κ3) is 5.19. The zero-order valence-electron chi connectivity index (χ0n) is 9.41. The van der Waals surface area contributed by atoms with Gasteiger partial charge in [0.15, 0.2) is 0 Å². The molecule has 0 bridgehead atoms. The number of rotatable bonds is 6. The van der Waals surface area contributed by atoms with Crippen LogP contribution in [0.3, 0.4) is 0 Å². The molecule has 0 amide bonds. The van der Waals surface area contributed by atoms with E-state index >= 15 is 0 Å². The van der Waals surface area contributed by atoms with Gasteiger partial charge in [0.1, 0.15) is 0 Å². The fourth-order valence-electron chi connectivity index (χ4n) is 1.21. The lowest BCUT2D eigenvalue weighted by atomic mass is 10.0. The Morgan fingerprint density at radius 3 is 2.36 bits per heavy atom. The van der Waals surface area contributed by atoms with Crippen LogP contribution in [0, 0.1) is 5.92 Å². The van der Waals surface area contributed by atoms with E-state index in [0.29, 0.717) is 12.3 Å². The van der Waals surface area contributed by atoms with E-state index in [1.807, 2.05) is 20.8 Å². The Labute approximate surface area is 85.6 Å². The molecule has 0 rings (SSSR count). The largest absolute Gasteiger partial charge is 0.469 e. The quantitative estimate of drug-likeness (QED) is 0.619. The van der Waals surface area contributed by atoms with Crippen LogP contribution < -0.4 is 5.32 Å². The molecule has 0 aliphatic heterocycles. The van der Waals surface area contributed by atoms with E-state index in [1.165, 1.54) is 7.11 Å². The van der Waals surface area contributed by atoms with Crippen molar-refractivity contribution in [2.24, 2.45) is 5.92 Å². The van der Waals surface area contributed by atoms with Gasteiger partial charge in [0, 0.05) is 12.1 Å². The average molecular weight is 203 g/mol. The van der Waals surface area contributed by atoms with Crippen molar-refractivity contribution in [2.75, 3.05) is 13.7 Å². The van der Waals surface area contributed by atoms with E-state index in [4.69, 9.17) is 5.11 Å². The fraction of sp³-hybridized carbons (Fsp3) is 0.900. The van der Waals surface area contributed by atoms with Crippen LogP contribution in [0.1, 0.15) is 27.2 Å². The van der Waals surface area contributed by atoms with Crippen molar-refractivity contribution < 1.29 is 14.6 Å². The molecule has 2 unspecified atom stereocenters. The van der Waals surface area contributed by atoms with Crippen LogP contribution in [0.15, 0.2) is 0 Å². The Kier molecular flexibility index (Phi) is 6.49. The predicted molar refractivity (Wildman–Crippen MR) is 54.9 cm³/mol. The van der Waals surface area contributed by atoms with Gasteiger partial charge in [-0.2, -0.15) is 0 Å². The SMILES string of the molecule is COC(=O)CC(C)NC(CO)C(C)C. The van der Waals surface area contributed by atoms with Crippen LogP contribution in [0.2, 0.25) is 0 Å². The molecule has 0 aliphatic rings. The maximum Gasteiger partial charge on any atom is 0.307 e. The molecule has 0 saturated heterocycles. The summed E-state index contributed by atoms with van der Waals surface area (Å²) in [5, 5.41) is 12.2. The van der Waals surface area contributed by atoms with Crippen LogP contribution in [0.4, 0.5) is 0 Å². The van der Waals surface area contributed by atoms with Gasteiger partial charge in [0.05, 0.1) is 20.1 Å². The Hall–Kier alpha value is -0.610. The highest BCUT2D eigenvalue weighted by Crippen LogP contribution is 2.03. The zero-order valence-corrected chi connectivity index (χ0v) is 9.41. The molecule has 2 atom stereocenters. The highest BCUT2D eigenvalue weighted by molar-refractivity contribution is 5.69. The Balaban J connectivity index is 3.90. The fourth-order valence-corrected chi connectivity index (χ4v) is 1.21. The van der Waals surface area contributed by atoms with Crippen molar-refractivity contribution >= 4 is 5.97 Å². The highest BCUT2D eigenvalue weighted by atomic mass is 16.5. The average Bonchev–Trinajstić information content (AvgIpc) is 2.13. The molecule has 0 saturated carbocycles. The van der Waals surface area contributed by atoms with Gasteiger partial charge in [-0.05, 0) is 12.8 Å². The summed E-state index contributed by atoms with van der Waals surface area (Å²) in [4.78, 5) is 10.9. The van der Waals surface area contributed by atoms with E-state index < -0.39 is 0 Å². The van der Waals surface area contributed by atoms with Gasteiger partial charge in [0.2, 0.25) is 0 Å². The van der Waals surface area contributed by atoms with E-state index in [2.05, 4.69) is 10.1 Å². The van der Waals surface area contributed by atoms with Gasteiger partial charge >= 0.3 is 5.97 Å². The molecule has 0 aromatic carbocycles. The van der Waals surface area contributed by atoms with E-state index in [1.54, 1.807) is 0 Å². The second-order valence-corrected chi connectivity index (χ2v) is 3.88. The molecule has 0 aromatic heterocycles. The van der Waals surface area contributed by atoms with Gasteiger partial charge in [-0.3, -0.25) is 4.79 Å². The molecule has 4 nitrogen and oxygen atoms in total. The minimum Gasteiger partial charge on any atom is -0.469 e. The molecule has 0 heterocycles. The number of carbonyl (C=O) groups excluding carboxylic acids is 1. The molecule has 84 valence electrons. The topological polar surface area (TPSA) is 58.6 Å². The van der Waals surface area contributed by atoms with Crippen molar-refractivity contribution in [3.8, 4) is 0 Å². The number of aliphatic hydroxyl groups is 1. The molecule has 0 aromatic rings. The van der Waals surface area contributed by atoms with Gasteiger partial charge in [-0.15, -0.1) is 0 Å². The zero-order chi connectivity index (χ0) is 11.1. The van der Waals surface area contributed by atoms with Crippen LogP contribution >= 0.6 is 0 Å². The molecule has 14 heavy (non-hydrogen) atoms. The molecular formula is C10H21NO3. The number of ether oxygens (including phenoxy) is 1. The predicted octanol–water partition coefficient (Wildman–Crippen LogP) is 0.544. The van der Waals surface area contributed by atoms with Gasteiger partial charge in [-0.1, -0.05) is 13.8 Å². The van der Waals surface area contributed by atoms with E-state index in [-0.39, 0.29) is 24.7 Å². The maximum atomic E-state index is 10.9. The highest BCUT2D eigenvalue weighted by Gasteiger charge is 2.16. The summed E-state index contributed by atoms with van der Waals surface area (Å²) in [5.41, 5.74) is 0. The van der Waals surface area contributed by atoms with Crippen molar-refractivity contribution in [1.82, 2.24) is 5.32 Å². The van der Waals surface area contributed by atoms with Crippen LogP contribution in [-0.4, -0.2) is 36.9 Å². The van der Waals surface area contributed by atoms with Gasteiger partial charge < -0.3 is 15.2 Å². The van der Waals surface area contributed by atoms with Crippen molar-refractivity contribution in [2.45, 2.75) is 39.3 Å². The third-order valence-electron chi connectivity index (χ3n) is 2.20. The molecule has 4 heteroatoms. The lowest BCUT2D eigenvalue weighted by Crippen LogP contribution is -2.43. The van der Waals surface area contributed by atoms with E-state index in [9.17, 15) is 4.79 Å². The number of carbonyl (C=O) groups is 1. The van der Waals surface area contributed by atoms with Crippen LogP contribution in [0.5, 0.6) is 0 Å². The van der Waals surface area contributed by atoms with Crippen LogP contribution in [-0.2, 0) is 9.53 Å². The number of esters is 1. The third-order valence-corrected chi connectivity index (χ3v) is 2.20. The maximum absolute atomic E-state index is 10.9. The Morgan fingerprint density at radius 1 is 1.43 bits per heavy atom. The minimum absolute atomic E-state index is 0.0296. The molecule has 2 N–H and O–H groups in total. The summed E-state index contributed by atoms with van der Waals surface area (Å²) in [6.07, 6.45) is 0.333. The van der Waals surface area contributed by atoms with Gasteiger partial charge in [0.25, 0.3) is 0 Å². The van der Waals surface area contributed by atoms with Crippen molar-refractivity contribution in [1.29, 1.82) is 0 Å². The molecule has 0 aliphatic carbocycles. The Morgan fingerprint density at radius 2 is 2.00 bits per heavy atom. The first kappa shape index (κ1) is 13.4. The molecule has 0 fully saturated rings. The standard InChI is InChI=1S/C10H21NO3/c1-7(2)9(6-12)11-8(3)5-10(13)14-4/h7-9,11-12H,5-6H2,1-4H3. The summed E-state index contributed by atoms with van der Waals surface area (Å²) < 4.78 is 4.56. The number of hydrogen-bond donors (Lipinski definition) is 2. The second-order valence-electron chi connectivity index (χ2n) is 3.88. The van der Waals surface area contributed by atoms with Crippen LogP contribution in [0.25, 0.3) is 0 Å². The minimum atomic E-state index is -0.231. The first-order valence-electron chi connectivity index (χ1n) is 4.95. The number of methoxy groups -OCH3 is 1. The van der Waals surface area contributed by atoms with E-state index in [0.717, 1.165) is 0 Å². The summed E-state index contributed by atoms with van der Waals surface area (Å²) >= 11 is 0. The smallest absolute Gasteiger partial charge is 0.307 e. The number of aliphatic hydroxyl groups excluding tert-OH is 1. The first-order valence-corrected chi connectivity index (χ1v) is 4.95. The molecule has 0 spiro atoms. The second kappa shape index (κ2) is 6.79. The lowest BCUT2D eigenvalue weighted by molar-refractivity contribution is -0.141. The summed E-state index contributed by atoms with van der Waals surface area (Å²) in [6.45, 7) is 6.04. The van der Waals surface area contributed by atoms with Crippen molar-refractivity contribution in [3.63, 3.8) is 0 Å². The number of nitrogens with one attached hydrogen (secondary N) is 1. The summed E-state index contributed by atoms with van der Waals surface area (Å²) in [6, 6.07) is 0.0663. The van der Waals surface area contributed by atoms with Crippen molar-refractivity contribution in [3.05, 3.63) is 0 Å². The molecule has 0 radical (unpaired) electrons. The monoisotopic (exact) mass is 203 g/mol. The lowest BCUT2D eigenvalue weighted by Gasteiger charge is -2.24. The summed E-state index contributed by atoms with van der Waals surface area (Å²) in [5.74, 6) is 0.116. The summed E-state index contributed by atoms with van der Waals surface area (Å²) in [7, 11) is 1.38. The first-order chi connectivity index (χ1) is 6.51. The molecular weight excluding hydrogens is 182 g/mol. The van der Waals surface area contributed by atoms with Gasteiger partial charge in [-0.25, -0.2) is 0 Å². The number of hydrogen-bond acceptors (Lipinski definition) is 4.